The molecule has 0 aliphatic heterocycles. The molecule has 104 valence electrons. The lowest BCUT2D eigenvalue weighted by Crippen LogP contribution is -2.32. The Morgan fingerprint density at radius 1 is 1.47 bits per heavy atom. The van der Waals surface area contributed by atoms with Gasteiger partial charge >= 0.3 is 0 Å². The summed E-state index contributed by atoms with van der Waals surface area (Å²) < 4.78 is 0.759. The van der Waals surface area contributed by atoms with Crippen LogP contribution in [0, 0.1) is 5.92 Å². The van der Waals surface area contributed by atoms with Crippen molar-refractivity contribution in [3.05, 3.63) is 16.5 Å². The largest absolute Gasteiger partial charge is 0.361 e. The summed E-state index contributed by atoms with van der Waals surface area (Å²) in [6.07, 6.45) is 2.32. The Bertz CT molecular complexity index is 460. The molecule has 19 heavy (non-hydrogen) atoms. The van der Waals surface area contributed by atoms with Crippen molar-refractivity contribution < 1.29 is 4.79 Å². The van der Waals surface area contributed by atoms with E-state index >= 15 is 0 Å². The summed E-state index contributed by atoms with van der Waals surface area (Å²) in [5, 5.41) is 5.90. The maximum absolute atomic E-state index is 11.6. The van der Waals surface area contributed by atoms with Crippen molar-refractivity contribution in [2.45, 2.75) is 32.6 Å². The highest BCUT2D eigenvalue weighted by atomic mass is 79.9. The monoisotopic (exact) mass is 326 g/mol. The van der Waals surface area contributed by atoms with E-state index in [4.69, 9.17) is 0 Å². The molecule has 6 heteroatoms. The molecular formula is C13H19BrN4O. The third-order valence-electron chi connectivity index (χ3n) is 2.79. The quantitative estimate of drug-likeness (QED) is 0.787. The van der Waals surface area contributed by atoms with E-state index in [1.807, 2.05) is 0 Å². The maximum Gasteiger partial charge on any atom is 0.239 e. The van der Waals surface area contributed by atoms with Gasteiger partial charge in [0.15, 0.2) is 0 Å². The summed E-state index contributed by atoms with van der Waals surface area (Å²) in [4.78, 5) is 20.4. The molecule has 2 rings (SSSR count). The minimum absolute atomic E-state index is 0.0172. The van der Waals surface area contributed by atoms with Gasteiger partial charge in [-0.2, -0.15) is 0 Å². The van der Waals surface area contributed by atoms with Crippen molar-refractivity contribution in [1.29, 1.82) is 0 Å². The molecule has 2 N–H and O–H groups in total. The zero-order valence-electron chi connectivity index (χ0n) is 11.2. The zero-order chi connectivity index (χ0) is 13.8. The van der Waals surface area contributed by atoms with Crippen LogP contribution in [0.3, 0.4) is 0 Å². The zero-order valence-corrected chi connectivity index (χ0v) is 12.8. The lowest BCUT2D eigenvalue weighted by Gasteiger charge is -2.09. The Labute approximate surface area is 121 Å². The van der Waals surface area contributed by atoms with Gasteiger partial charge in [0.25, 0.3) is 0 Å². The Balaban J connectivity index is 1.86. The van der Waals surface area contributed by atoms with Crippen LogP contribution in [-0.4, -0.2) is 29.0 Å². The average molecular weight is 327 g/mol. The van der Waals surface area contributed by atoms with Crippen LogP contribution in [0.15, 0.2) is 10.7 Å². The normalized spacial score (nSPS) is 14.5. The molecule has 0 radical (unpaired) electrons. The topological polar surface area (TPSA) is 66.9 Å². The van der Waals surface area contributed by atoms with Crippen molar-refractivity contribution in [2.75, 3.05) is 18.4 Å². The van der Waals surface area contributed by atoms with Gasteiger partial charge in [-0.1, -0.05) is 13.8 Å². The molecule has 0 atom stereocenters. The van der Waals surface area contributed by atoms with Crippen molar-refractivity contribution in [1.82, 2.24) is 15.3 Å². The molecule has 5 nitrogen and oxygen atoms in total. The van der Waals surface area contributed by atoms with Crippen LogP contribution in [0.25, 0.3) is 0 Å². The molecule has 1 aromatic rings. The van der Waals surface area contributed by atoms with Crippen LogP contribution in [0.2, 0.25) is 0 Å². The molecule has 1 fully saturated rings. The molecule has 1 saturated carbocycles. The van der Waals surface area contributed by atoms with E-state index in [0.29, 0.717) is 24.2 Å². The van der Waals surface area contributed by atoms with Crippen molar-refractivity contribution in [3.8, 4) is 0 Å². The van der Waals surface area contributed by atoms with Gasteiger partial charge in [-0.15, -0.1) is 0 Å². The van der Waals surface area contributed by atoms with Gasteiger partial charge < -0.3 is 10.6 Å². The molecule has 0 saturated heterocycles. The van der Waals surface area contributed by atoms with Crippen LogP contribution in [0.5, 0.6) is 0 Å². The van der Waals surface area contributed by atoms with Gasteiger partial charge in [0.05, 0.1) is 6.54 Å². The number of hydrogen-bond donors (Lipinski definition) is 2. The van der Waals surface area contributed by atoms with Crippen LogP contribution < -0.4 is 10.6 Å². The van der Waals surface area contributed by atoms with Gasteiger partial charge in [-0.05, 0) is 34.7 Å². The van der Waals surface area contributed by atoms with Gasteiger partial charge in [-0.25, -0.2) is 9.97 Å². The van der Waals surface area contributed by atoms with Gasteiger partial charge in [0.2, 0.25) is 5.91 Å². The van der Waals surface area contributed by atoms with Crippen molar-refractivity contribution in [3.63, 3.8) is 0 Å². The van der Waals surface area contributed by atoms with E-state index in [1.165, 1.54) is 0 Å². The molecular weight excluding hydrogens is 308 g/mol. The fourth-order valence-electron chi connectivity index (χ4n) is 1.60. The van der Waals surface area contributed by atoms with Crippen molar-refractivity contribution in [2.24, 2.45) is 5.92 Å². The molecule has 0 bridgehead atoms. The predicted octanol–water partition coefficient (Wildman–Crippen LogP) is 2.30. The summed E-state index contributed by atoms with van der Waals surface area (Å²) in [5.41, 5.74) is 0. The summed E-state index contributed by atoms with van der Waals surface area (Å²) in [7, 11) is 0. The minimum atomic E-state index is -0.0172. The van der Waals surface area contributed by atoms with Gasteiger partial charge in [0.1, 0.15) is 16.2 Å². The van der Waals surface area contributed by atoms with E-state index in [9.17, 15) is 4.79 Å². The van der Waals surface area contributed by atoms with Crippen LogP contribution in [0.4, 0.5) is 5.82 Å². The molecule has 0 unspecified atom stereocenters. The fourth-order valence-corrected chi connectivity index (χ4v) is 2.00. The molecule has 0 spiro atoms. The Morgan fingerprint density at radius 2 is 2.21 bits per heavy atom. The minimum Gasteiger partial charge on any atom is -0.361 e. The second-order valence-electron chi connectivity index (χ2n) is 5.26. The summed E-state index contributed by atoms with van der Waals surface area (Å²) in [6, 6.07) is 1.79. The number of nitrogens with one attached hydrogen (secondary N) is 2. The second-order valence-corrected chi connectivity index (χ2v) is 6.07. The summed E-state index contributed by atoms with van der Waals surface area (Å²) >= 11 is 3.37. The standard InChI is InChI=1S/C13H19BrN4O/c1-8(2)6-16-12(19)7-15-11-5-10(14)17-13(18-11)9-3-4-9/h5,8-9H,3-4,6-7H2,1-2H3,(H,16,19)(H,15,17,18). The smallest absolute Gasteiger partial charge is 0.239 e. The van der Waals surface area contributed by atoms with E-state index in [2.05, 4.69) is 50.4 Å². The SMILES string of the molecule is CC(C)CNC(=O)CNc1cc(Br)nc(C2CC2)n1. The first-order chi connectivity index (χ1) is 9.04. The first kappa shape index (κ1) is 14.2. The third kappa shape index (κ3) is 4.78. The molecule has 1 amide bonds. The lowest BCUT2D eigenvalue weighted by atomic mass is 10.2. The number of hydrogen-bond acceptors (Lipinski definition) is 4. The highest BCUT2D eigenvalue weighted by molar-refractivity contribution is 9.10. The Hall–Kier alpha value is -1.17. The molecule has 1 aliphatic rings. The Kier molecular flexibility index (Phi) is 4.74. The highest BCUT2D eigenvalue weighted by Crippen LogP contribution is 2.38. The summed E-state index contributed by atoms with van der Waals surface area (Å²) in [6.45, 7) is 5.07. The van der Waals surface area contributed by atoms with Gasteiger partial charge in [0, 0.05) is 18.5 Å². The lowest BCUT2D eigenvalue weighted by molar-refractivity contribution is -0.119. The number of nitrogens with zero attached hydrogens (tertiary/aromatic N) is 2. The van der Waals surface area contributed by atoms with Crippen molar-refractivity contribution >= 4 is 27.7 Å². The number of aromatic nitrogens is 2. The van der Waals surface area contributed by atoms with E-state index in [-0.39, 0.29) is 12.5 Å². The number of amides is 1. The predicted molar refractivity (Wildman–Crippen MR) is 78.0 cm³/mol. The Morgan fingerprint density at radius 3 is 2.84 bits per heavy atom. The number of halogens is 1. The average Bonchev–Trinajstić information content (AvgIpc) is 3.17. The molecule has 1 heterocycles. The van der Waals surface area contributed by atoms with E-state index < -0.39 is 0 Å². The van der Waals surface area contributed by atoms with E-state index in [1.54, 1.807) is 6.07 Å². The second kappa shape index (κ2) is 6.32. The fraction of sp³-hybridized carbons (Fsp3) is 0.615. The maximum atomic E-state index is 11.6. The van der Waals surface area contributed by atoms with E-state index in [0.717, 1.165) is 23.3 Å². The first-order valence-electron chi connectivity index (χ1n) is 6.59. The third-order valence-corrected chi connectivity index (χ3v) is 3.20. The number of carbonyl (C=O) groups is 1. The molecule has 1 aliphatic carbocycles. The van der Waals surface area contributed by atoms with Crippen LogP contribution in [0.1, 0.15) is 38.4 Å². The number of rotatable bonds is 6. The molecule has 1 aromatic heterocycles. The first-order valence-corrected chi connectivity index (χ1v) is 7.39. The number of carbonyl (C=O) groups excluding carboxylic acids is 1. The van der Waals surface area contributed by atoms with Crippen LogP contribution >= 0.6 is 15.9 Å². The summed E-state index contributed by atoms with van der Waals surface area (Å²) in [5.74, 6) is 2.49. The number of anilines is 1. The highest BCUT2D eigenvalue weighted by Gasteiger charge is 2.27. The van der Waals surface area contributed by atoms with Gasteiger partial charge in [-0.3, -0.25) is 4.79 Å². The van der Waals surface area contributed by atoms with Crippen LogP contribution in [-0.2, 0) is 4.79 Å². The molecule has 0 aromatic carbocycles.